The molecule has 0 aliphatic heterocycles. The molecule has 6 nitrogen and oxygen atoms in total. The van der Waals surface area contributed by atoms with E-state index in [0.29, 0.717) is 0 Å². The summed E-state index contributed by atoms with van der Waals surface area (Å²) >= 11 is 0. The molecule has 117 valence electrons. The van der Waals surface area contributed by atoms with Crippen LogP contribution in [0.2, 0.25) is 0 Å². The standard InChI is InChI=1S/2CHF3O3S.Sc.Yb/c2*2-1(3,4)8(5,6)7;;/h2*(H,5,6,7);;. The minimum Gasteiger partial charge on any atom is -0.279 e. The van der Waals surface area contributed by atoms with Crippen molar-refractivity contribution in [2.45, 2.75) is 11.0 Å². The van der Waals surface area contributed by atoms with Crippen molar-refractivity contribution in [1.29, 1.82) is 0 Å². The first-order valence-electron chi connectivity index (χ1n) is 2.57. The molecule has 0 rings (SSSR count). The minimum absolute atomic E-state index is 0. The molecule has 16 heteroatoms. The van der Waals surface area contributed by atoms with Gasteiger partial charge in [0.1, 0.15) is 0 Å². The van der Waals surface area contributed by atoms with Gasteiger partial charge in [0.2, 0.25) is 0 Å². The van der Waals surface area contributed by atoms with Crippen LogP contribution in [-0.2, 0) is 46.1 Å². The smallest absolute Gasteiger partial charge is 0.279 e. The van der Waals surface area contributed by atoms with E-state index in [4.69, 9.17) is 25.9 Å². The summed E-state index contributed by atoms with van der Waals surface area (Å²) in [7, 11) is -11.7. The van der Waals surface area contributed by atoms with Crippen LogP contribution in [0.4, 0.5) is 26.3 Å². The maximum Gasteiger partial charge on any atom is 0.522 e. The molecular weight excluding hydrogens is 516 g/mol. The third kappa shape index (κ3) is 12.8. The molecule has 0 aliphatic rings. The maximum absolute atomic E-state index is 10.7. The number of rotatable bonds is 0. The van der Waals surface area contributed by atoms with E-state index in [0.717, 1.165) is 0 Å². The van der Waals surface area contributed by atoms with Gasteiger partial charge in [0.05, 0.1) is 0 Å². The van der Waals surface area contributed by atoms with Gasteiger partial charge in [-0.1, -0.05) is 0 Å². The summed E-state index contributed by atoms with van der Waals surface area (Å²) in [5, 5.41) is 0. The Kier molecular flexibility index (Phi) is 13.9. The summed E-state index contributed by atoms with van der Waals surface area (Å²) in [5.74, 6) is 0. The van der Waals surface area contributed by atoms with Gasteiger partial charge < -0.3 is 0 Å². The van der Waals surface area contributed by atoms with Crippen LogP contribution in [0, 0.1) is 46.9 Å². The molecule has 0 unspecified atom stereocenters. The summed E-state index contributed by atoms with van der Waals surface area (Å²) in [4.78, 5) is 0. The van der Waals surface area contributed by atoms with Crippen molar-refractivity contribution in [1.82, 2.24) is 0 Å². The van der Waals surface area contributed by atoms with E-state index in [9.17, 15) is 26.3 Å². The molecule has 1 radical (unpaired) electrons. The molecule has 0 saturated carbocycles. The van der Waals surface area contributed by atoms with Gasteiger partial charge in [0.25, 0.3) is 0 Å². The van der Waals surface area contributed by atoms with Crippen LogP contribution in [0.5, 0.6) is 0 Å². The van der Waals surface area contributed by atoms with Crippen LogP contribution in [0.1, 0.15) is 0 Å². The van der Waals surface area contributed by atoms with Crippen LogP contribution in [-0.4, -0.2) is 37.0 Å². The number of hydrogen-bond acceptors (Lipinski definition) is 4. The van der Waals surface area contributed by atoms with E-state index in [-0.39, 0.29) is 72.8 Å². The van der Waals surface area contributed by atoms with E-state index >= 15 is 0 Å². The summed E-state index contributed by atoms with van der Waals surface area (Å²) in [6.45, 7) is 0. The molecule has 0 atom stereocenters. The molecule has 0 heterocycles. The average Bonchev–Trinajstić information content (AvgIpc) is 1.77. The fourth-order valence-electron chi connectivity index (χ4n) is 0. The van der Waals surface area contributed by atoms with Gasteiger partial charge in [-0.15, -0.1) is 0 Å². The first kappa shape index (κ1) is 28.0. The molecule has 0 aliphatic carbocycles. The maximum atomic E-state index is 10.7. The second-order valence-electron chi connectivity index (χ2n) is 1.84. The summed E-state index contributed by atoms with van der Waals surface area (Å²) in [6.07, 6.45) is 0. The molecule has 0 bridgehead atoms. The van der Waals surface area contributed by atoms with Gasteiger partial charge in [0, 0.05) is 72.8 Å². The van der Waals surface area contributed by atoms with Crippen molar-refractivity contribution in [3.8, 4) is 0 Å². The topological polar surface area (TPSA) is 109 Å². The molecule has 0 aromatic rings. The zero-order valence-corrected chi connectivity index (χ0v) is 12.6. The third-order valence-electron chi connectivity index (χ3n) is 0.585. The Morgan fingerprint density at radius 3 is 0.722 bits per heavy atom. The van der Waals surface area contributed by atoms with E-state index in [1.807, 2.05) is 0 Å². The van der Waals surface area contributed by atoms with Gasteiger partial charge in [-0.05, 0) is 0 Å². The zero-order chi connectivity index (χ0) is 14.0. The van der Waals surface area contributed by atoms with Crippen LogP contribution in [0.3, 0.4) is 0 Å². The van der Waals surface area contributed by atoms with Crippen molar-refractivity contribution in [2.24, 2.45) is 0 Å². The first-order chi connectivity index (χ1) is 6.50. The Hall–Kier alpha value is 1.79. The molecule has 0 spiro atoms. The minimum atomic E-state index is -5.84. The molecule has 18 heavy (non-hydrogen) atoms. The Labute approximate surface area is 154 Å². The van der Waals surface area contributed by atoms with Crippen molar-refractivity contribution in [3.05, 3.63) is 0 Å². The van der Waals surface area contributed by atoms with Crippen LogP contribution in [0.25, 0.3) is 0 Å². The Morgan fingerprint density at radius 2 is 0.722 bits per heavy atom. The SMILES string of the molecule is O=S(=O)(O)C(F)(F)F.O=S(=O)(O)C(F)(F)F.[Sc].[Yb]. The van der Waals surface area contributed by atoms with E-state index < -0.39 is 31.3 Å². The van der Waals surface area contributed by atoms with Gasteiger partial charge in [0.15, 0.2) is 0 Å². The molecular formula is C2H2F6O6S2ScYb. The third-order valence-corrected chi connectivity index (χ3v) is 1.75. The normalized spacial score (nSPS) is 12.4. The Morgan fingerprint density at radius 1 is 0.667 bits per heavy atom. The van der Waals surface area contributed by atoms with Gasteiger partial charge in [-0.25, -0.2) is 0 Å². The van der Waals surface area contributed by atoms with E-state index in [1.54, 1.807) is 0 Å². The first-order valence-corrected chi connectivity index (χ1v) is 5.45. The van der Waals surface area contributed by atoms with Crippen molar-refractivity contribution < 1.29 is 125 Å². The van der Waals surface area contributed by atoms with E-state index in [1.165, 1.54) is 0 Å². The second-order valence-corrected chi connectivity index (χ2v) is 4.67. The quantitative estimate of drug-likeness (QED) is 0.279. The van der Waals surface area contributed by atoms with Gasteiger partial charge in [-0.2, -0.15) is 43.2 Å². The van der Waals surface area contributed by atoms with Gasteiger partial charge in [-0.3, -0.25) is 9.11 Å². The molecule has 0 saturated heterocycles. The van der Waals surface area contributed by atoms with Crippen molar-refractivity contribution >= 4 is 20.2 Å². The number of alkyl halides is 6. The average molecular weight is 518 g/mol. The molecule has 0 aromatic carbocycles. The molecule has 2 N–H and O–H groups in total. The fourth-order valence-corrected chi connectivity index (χ4v) is 0. The summed E-state index contributed by atoms with van der Waals surface area (Å²) in [5.41, 5.74) is -11.1. The largest absolute Gasteiger partial charge is 0.522 e. The van der Waals surface area contributed by atoms with Crippen LogP contribution < -0.4 is 0 Å². The predicted molar refractivity (Wildman–Crippen MR) is 35.2 cm³/mol. The Bertz CT molecular complexity index is 380. The molecule has 0 fully saturated rings. The Balaban J connectivity index is -0.0000000980. The number of halogens is 6. The fraction of sp³-hybridized carbons (Fsp3) is 1.00. The molecule has 0 amide bonds. The van der Waals surface area contributed by atoms with Crippen molar-refractivity contribution in [2.75, 3.05) is 0 Å². The van der Waals surface area contributed by atoms with E-state index in [2.05, 4.69) is 0 Å². The van der Waals surface area contributed by atoms with Crippen LogP contribution >= 0.6 is 0 Å². The number of hydrogen-bond donors (Lipinski definition) is 2. The predicted octanol–water partition coefficient (Wildman–Crippen LogP) is 0.786. The molecule has 0 aromatic heterocycles. The monoisotopic (exact) mass is 519 g/mol. The van der Waals surface area contributed by atoms with Gasteiger partial charge >= 0.3 is 31.3 Å². The summed E-state index contributed by atoms with van der Waals surface area (Å²) in [6, 6.07) is 0. The zero-order valence-electron chi connectivity index (χ0n) is 7.46. The summed E-state index contributed by atoms with van der Waals surface area (Å²) < 4.78 is 115. The van der Waals surface area contributed by atoms with Crippen molar-refractivity contribution in [3.63, 3.8) is 0 Å². The second kappa shape index (κ2) is 8.94. The van der Waals surface area contributed by atoms with Crippen LogP contribution in [0.15, 0.2) is 0 Å².